The number of carbonyl (C=O) groups is 1. The lowest BCUT2D eigenvalue weighted by atomic mass is 10.1. The number of alkyl halides is 1. The monoisotopic (exact) mass is 278 g/mol. The first-order valence-corrected chi connectivity index (χ1v) is 7.92. The molecule has 1 unspecified atom stereocenters. The van der Waals surface area contributed by atoms with E-state index in [-0.39, 0.29) is 29.9 Å². The second-order valence-corrected chi connectivity index (χ2v) is 6.37. The SMILES string of the molecule is CC(C)OC(=O)C(SCCCCCCF)C(C)C. The Labute approximate surface area is 115 Å². The number of carbonyl (C=O) groups excluding carboxylic acids is 1. The van der Waals surface area contributed by atoms with E-state index < -0.39 is 0 Å². The van der Waals surface area contributed by atoms with Crippen LogP contribution in [0.2, 0.25) is 0 Å². The number of ether oxygens (including phenoxy) is 1. The maximum absolute atomic E-state index is 11.9. The van der Waals surface area contributed by atoms with E-state index in [1.165, 1.54) is 0 Å². The highest BCUT2D eigenvalue weighted by Crippen LogP contribution is 2.23. The third-order valence-electron chi connectivity index (χ3n) is 2.52. The van der Waals surface area contributed by atoms with Crippen LogP contribution in [0.3, 0.4) is 0 Å². The van der Waals surface area contributed by atoms with Crippen LogP contribution in [0.4, 0.5) is 4.39 Å². The summed E-state index contributed by atoms with van der Waals surface area (Å²) in [6, 6.07) is 0. The Bertz CT molecular complexity index is 220. The van der Waals surface area contributed by atoms with Crippen LogP contribution in [0.25, 0.3) is 0 Å². The van der Waals surface area contributed by atoms with Gasteiger partial charge in [-0.3, -0.25) is 9.18 Å². The van der Waals surface area contributed by atoms with Crippen molar-refractivity contribution in [3.05, 3.63) is 0 Å². The molecule has 4 heteroatoms. The van der Waals surface area contributed by atoms with Crippen molar-refractivity contribution in [1.82, 2.24) is 0 Å². The summed E-state index contributed by atoms with van der Waals surface area (Å²) in [5.74, 6) is 1.13. The molecule has 0 aromatic carbocycles. The second kappa shape index (κ2) is 10.7. The van der Waals surface area contributed by atoms with Gasteiger partial charge in [0.1, 0.15) is 5.25 Å². The van der Waals surface area contributed by atoms with Gasteiger partial charge in [-0.2, -0.15) is 0 Å². The molecule has 0 aliphatic heterocycles. The summed E-state index contributed by atoms with van der Waals surface area (Å²) in [6.45, 7) is 7.61. The van der Waals surface area contributed by atoms with Crippen LogP contribution in [0.5, 0.6) is 0 Å². The van der Waals surface area contributed by atoms with Crippen molar-refractivity contribution in [3.63, 3.8) is 0 Å². The van der Waals surface area contributed by atoms with Crippen molar-refractivity contribution in [1.29, 1.82) is 0 Å². The zero-order valence-corrected chi connectivity index (χ0v) is 12.9. The summed E-state index contributed by atoms with van der Waals surface area (Å²) in [5.41, 5.74) is 0. The van der Waals surface area contributed by atoms with Crippen molar-refractivity contribution in [2.24, 2.45) is 5.92 Å². The molecule has 0 spiro atoms. The zero-order chi connectivity index (χ0) is 14.0. The highest BCUT2D eigenvalue weighted by Gasteiger charge is 2.24. The third kappa shape index (κ3) is 8.78. The van der Waals surface area contributed by atoms with Crippen molar-refractivity contribution in [2.75, 3.05) is 12.4 Å². The number of halogens is 1. The molecule has 0 heterocycles. The molecule has 0 N–H and O–H groups in total. The smallest absolute Gasteiger partial charge is 0.319 e. The highest BCUT2D eigenvalue weighted by molar-refractivity contribution is 8.00. The van der Waals surface area contributed by atoms with Gasteiger partial charge in [-0.1, -0.05) is 26.7 Å². The summed E-state index contributed by atoms with van der Waals surface area (Å²) in [6.07, 6.45) is 3.64. The zero-order valence-electron chi connectivity index (χ0n) is 12.1. The molecule has 1 atom stereocenters. The van der Waals surface area contributed by atoms with Gasteiger partial charge in [0.2, 0.25) is 0 Å². The predicted molar refractivity (Wildman–Crippen MR) is 76.8 cm³/mol. The average Bonchev–Trinajstić information content (AvgIpc) is 2.26. The van der Waals surface area contributed by atoms with Crippen LogP contribution in [0, 0.1) is 5.92 Å². The van der Waals surface area contributed by atoms with Crippen LogP contribution in [-0.2, 0) is 9.53 Å². The fraction of sp³-hybridized carbons (Fsp3) is 0.929. The first-order chi connectivity index (χ1) is 8.49. The Morgan fingerprint density at radius 1 is 1.11 bits per heavy atom. The molecule has 0 aliphatic carbocycles. The maximum Gasteiger partial charge on any atom is 0.319 e. The predicted octanol–water partition coefficient (Wildman–Crippen LogP) is 4.23. The molecule has 0 saturated heterocycles. The van der Waals surface area contributed by atoms with Crippen LogP contribution in [0.15, 0.2) is 0 Å². The Morgan fingerprint density at radius 3 is 2.22 bits per heavy atom. The Balaban J connectivity index is 3.87. The molecule has 108 valence electrons. The van der Waals surface area contributed by atoms with Crippen molar-refractivity contribution in [2.45, 2.75) is 64.7 Å². The minimum Gasteiger partial charge on any atom is -0.462 e. The maximum atomic E-state index is 11.9. The minimum atomic E-state index is -0.220. The summed E-state index contributed by atoms with van der Waals surface area (Å²) in [7, 11) is 0. The van der Waals surface area contributed by atoms with E-state index in [9.17, 15) is 9.18 Å². The van der Waals surface area contributed by atoms with Crippen LogP contribution < -0.4 is 0 Å². The molecule has 0 aromatic rings. The summed E-state index contributed by atoms with van der Waals surface area (Å²) < 4.78 is 17.2. The van der Waals surface area contributed by atoms with Gasteiger partial charge in [-0.05, 0) is 38.4 Å². The molecule has 0 amide bonds. The Kier molecular flexibility index (Phi) is 10.5. The van der Waals surface area contributed by atoms with Gasteiger partial charge in [-0.25, -0.2) is 0 Å². The van der Waals surface area contributed by atoms with Crippen molar-refractivity contribution >= 4 is 17.7 Å². The number of hydrogen-bond acceptors (Lipinski definition) is 3. The number of unbranched alkanes of at least 4 members (excludes halogenated alkanes) is 3. The molecular weight excluding hydrogens is 251 g/mol. The average molecular weight is 278 g/mol. The van der Waals surface area contributed by atoms with Crippen LogP contribution in [0.1, 0.15) is 53.4 Å². The number of esters is 1. The normalized spacial score (nSPS) is 13.1. The Hall–Kier alpha value is -0.250. The number of rotatable bonds is 10. The molecule has 0 saturated carbocycles. The van der Waals surface area contributed by atoms with Gasteiger partial charge in [0.05, 0.1) is 12.8 Å². The van der Waals surface area contributed by atoms with Crippen molar-refractivity contribution < 1.29 is 13.9 Å². The van der Waals surface area contributed by atoms with E-state index in [1.807, 2.05) is 27.7 Å². The second-order valence-electron chi connectivity index (χ2n) is 5.12. The fourth-order valence-corrected chi connectivity index (χ4v) is 2.79. The standard InChI is InChI=1S/C14H27FO2S/c1-11(2)13(14(16)17-12(3)4)18-10-8-6-5-7-9-15/h11-13H,5-10H2,1-4H3. The molecular formula is C14H27FO2S. The quantitative estimate of drug-likeness (QED) is 0.442. The number of thioether (sulfide) groups is 1. The lowest BCUT2D eigenvalue weighted by Crippen LogP contribution is -2.28. The van der Waals surface area contributed by atoms with E-state index in [0.717, 1.165) is 25.0 Å². The highest BCUT2D eigenvalue weighted by atomic mass is 32.2. The van der Waals surface area contributed by atoms with Gasteiger partial charge in [0.15, 0.2) is 0 Å². The summed E-state index contributed by atoms with van der Waals surface area (Å²) >= 11 is 1.67. The molecule has 0 fully saturated rings. The molecule has 0 aliphatic rings. The number of hydrogen-bond donors (Lipinski definition) is 0. The van der Waals surface area contributed by atoms with Gasteiger partial charge in [0, 0.05) is 0 Å². The van der Waals surface area contributed by atoms with Crippen LogP contribution in [-0.4, -0.2) is 29.8 Å². The van der Waals surface area contributed by atoms with E-state index in [4.69, 9.17) is 4.74 Å². The van der Waals surface area contributed by atoms with Gasteiger partial charge in [0.25, 0.3) is 0 Å². The molecule has 0 aromatic heterocycles. The van der Waals surface area contributed by atoms with Crippen molar-refractivity contribution in [3.8, 4) is 0 Å². The summed E-state index contributed by atoms with van der Waals surface area (Å²) in [4.78, 5) is 11.9. The Morgan fingerprint density at radius 2 is 1.72 bits per heavy atom. The topological polar surface area (TPSA) is 26.3 Å². The lowest BCUT2D eigenvalue weighted by Gasteiger charge is -2.20. The minimum absolute atomic E-state index is 0.0519. The van der Waals surface area contributed by atoms with E-state index in [0.29, 0.717) is 6.42 Å². The van der Waals surface area contributed by atoms with Gasteiger partial charge in [-0.15, -0.1) is 11.8 Å². The first-order valence-electron chi connectivity index (χ1n) is 6.87. The summed E-state index contributed by atoms with van der Waals surface area (Å²) in [5, 5.41) is -0.0754. The molecule has 0 bridgehead atoms. The molecule has 0 radical (unpaired) electrons. The fourth-order valence-electron chi connectivity index (χ4n) is 1.59. The lowest BCUT2D eigenvalue weighted by molar-refractivity contribution is -0.147. The molecule has 2 nitrogen and oxygen atoms in total. The van der Waals surface area contributed by atoms with E-state index >= 15 is 0 Å². The third-order valence-corrected chi connectivity index (χ3v) is 4.14. The largest absolute Gasteiger partial charge is 0.462 e. The van der Waals surface area contributed by atoms with Gasteiger partial charge < -0.3 is 4.74 Å². The van der Waals surface area contributed by atoms with E-state index in [1.54, 1.807) is 11.8 Å². The van der Waals surface area contributed by atoms with Crippen LogP contribution >= 0.6 is 11.8 Å². The molecule has 0 rings (SSSR count). The first kappa shape index (κ1) is 17.8. The molecule has 18 heavy (non-hydrogen) atoms. The van der Waals surface area contributed by atoms with Gasteiger partial charge >= 0.3 is 5.97 Å². The van der Waals surface area contributed by atoms with E-state index in [2.05, 4.69) is 0 Å².